The summed E-state index contributed by atoms with van der Waals surface area (Å²) in [6.45, 7) is 0.472. The maximum atomic E-state index is 13.5. The average molecular weight is 477 g/mol. The number of para-hydroxylation sites is 1. The van der Waals surface area contributed by atoms with Gasteiger partial charge >= 0.3 is 5.97 Å². The van der Waals surface area contributed by atoms with E-state index in [0.29, 0.717) is 32.2 Å². The lowest BCUT2D eigenvalue weighted by Gasteiger charge is -2.31. The number of nitrogens with one attached hydrogen (secondary N) is 1. The zero-order chi connectivity index (χ0) is 25.2. The molecule has 0 aliphatic heterocycles. The lowest BCUT2D eigenvalue weighted by atomic mass is 9.99. The number of nitrogens with two attached hydrogens (primary N) is 2. The van der Waals surface area contributed by atoms with Crippen molar-refractivity contribution in [3.63, 3.8) is 0 Å². The number of fused-ring (bicyclic) bond motifs is 1. The van der Waals surface area contributed by atoms with E-state index in [9.17, 15) is 19.5 Å². The summed E-state index contributed by atoms with van der Waals surface area (Å²) in [5.74, 6) is 0.0387. The summed E-state index contributed by atoms with van der Waals surface area (Å²) >= 11 is 0. The van der Waals surface area contributed by atoms with Crippen molar-refractivity contribution in [3.05, 3.63) is 77.6 Å². The molecule has 0 bridgehead atoms. The van der Waals surface area contributed by atoms with Crippen LogP contribution in [0, 0.1) is 0 Å². The quantitative estimate of drug-likeness (QED) is 0.221. The van der Waals surface area contributed by atoms with Crippen molar-refractivity contribution in [1.29, 1.82) is 0 Å². The molecule has 3 rings (SSSR count). The highest BCUT2D eigenvalue weighted by atomic mass is 16.4. The highest BCUT2D eigenvalue weighted by Gasteiger charge is 2.36. The second-order valence-electron chi connectivity index (χ2n) is 8.55. The zero-order valence-electron chi connectivity index (χ0n) is 19.7. The molecule has 8 nitrogen and oxygen atoms in total. The van der Waals surface area contributed by atoms with Gasteiger partial charge in [0.1, 0.15) is 17.7 Å². The Morgan fingerprint density at radius 2 is 1.77 bits per heavy atom. The number of H-pyrrole nitrogens is 1. The number of benzene rings is 2. The van der Waals surface area contributed by atoms with E-state index in [2.05, 4.69) is 4.98 Å². The highest BCUT2D eigenvalue weighted by molar-refractivity contribution is 5.91. The van der Waals surface area contributed by atoms with Gasteiger partial charge < -0.3 is 21.6 Å². The molecule has 0 spiro atoms. The molecule has 0 aliphatic rings. The predicted octanol–water partition coefficient (Wildman–Crippen LogP) is 2.80. The van der Waals surface area contributed by atoms with Crippen molar-refractivity contribution in [3.8, 4) is 0 Å². The minimum Gasteiger partial charge on any atom is -0.480 e. The zero-order valence-corrected chi connectivity index (χ0v) is 19.7. The van der Waals surface area contributed by atoms with E-state index in [-0.39, 0.29) is 18.5 Å². The van der Waals surface area contributed by atoms with Crippen LogP contribution in [0.5, 0.6) is 0 Å². The van der Waals surface area contributed by atoms with E-state index in [1.807, 2.05) is 60.5 Å². The Labute approximate surface area is 204 Å². The molecule has 0 saturated heterocycles. The summed E-state index contributed by atoms with van der Waals surface area (Å²) < 4.78 is 0. The largest absolute Gasteiger partial charge is 0.480 e. The van der Waals surface area contributed by atoms with Gasteiger partial charge in [0, 0.05) is 29.9 Å². The number of amides is 1. The van der Waals surface area contributed by atoms with Crippen LogP contribution in [0.3, 0.4) is 0 Å². The minimum absolute atomic E-state index is 0.0110. The molecule has 8 heteroatoms. The smallest absolute Gasteiger partial charge is 0.327 e. The van der Waals surface area contributed by atoms with E-state index >= 15 is 0 Å². The SMILES string of the molecule is NCCCC[C@H](N)C(=O)N(C(=C=O)CCc1ccccc1)[C@@H](Cc1c[nH]c2ccccc12)C(=O)O. The van der Waals surface area contributed by atoms with E-state index in [1.165, 1.54) is 0 Å². The molecule has 1 amide bonds. The maximum absolute atomic E-state index is 13.5. The van der Waals surface area contributed by atoms with Gasteiger partial charge in [0.15, 0.2) is 0 Å². The average Bonchev–Trinajstić information content (AvgIpc) is 3.28. The monoisotopic (exact) mass is 476 g/mol. The van der Waals surface area contributed by atoms with Crippen LogP contribution in [-0.4, -0.2) is 51.4 Å². The number of aromatic amines is 1. The molecular formula is C27H32N4O4. The highest BCUT2D eigenvalue weighted by Crippen LogP contribution is 2.24. The molecule has 1 aromatic heterocycles. The molecule has 3 aromatic rings. The molecule has 35 heavy (non-hydrogen) atoms. The lowest BCUT2D eigenvalue weighted by Crippen LogP contribution is -2.52. The topological polar surface area (TPSA) is 143 Å². The second-order valence-corrected chi connectivity index (χ2v) is 8.55. The van der Waals surface area contributed by atoms with Gasteiger partial charge in [0.2, 0.25) is 5.91 Å². The van der Waals surface area contributed by atoms with Crippen LogP contribution in [0.15, 0.2) is 66.5 Å². The molecule has 184 valence electrons. The standard InChI is InChI=1S/C27H32N4O4/c28-15-7-6-11-23(29)26(33)31(21(18-32)14-13-19-8-2-1-3-9-19)25(27(34)35)16-20-17-30-24-12-5-4-10-22(20)24/h1-5,8-10,12,17,23,25,30H,6-7,11,13-16,28-29H2,(H,34,35)/t23-,25-/m0/s1. The van der Waals surface area contributed by atoms with Crippen LogP contribution >= 0.6 is 0 Å². The van der Waals surface area contributed by atoms with Gasteiger partial charge in [-0.3, -0.25) is 9.69 Å². The number of carboxylic acids is 1. The first kappa shape index (κ1) is 25.9. The van der Waals surface area contributed by atoms with Gasteiger partial charge in [0.25, 0.3) is 0 Å². The van der Waals surface area contributed by atoms with Gasteiger partial charge in [-0.15, -0.1) is 0 Å². The molecular weight excluding hydrogens is 444 g/mol. The van der Waals surface area contributed by atoms with Crippen LogP contribution < -0.4 is 11.5 Å². The Morgan fingerprint density at radius 3 is 2.46 bits per heavy atom. The molecule has 0 fully saturated rings. The number of aromatic nitrogens is 1. The summed E-state index contributed by atoms with van der Waals surface area (Å²) in [6, 6.07) is 14.7. The number of aryl methyl sites for hydroxylation is 1. The number of rotatable bonds is 13. The Balaban J connectivity index is 1.93. The first-order valence-corrected chi connectivity index (χ1v) is 11.8. The fraction of sp³-hybridized carbons (Fsp3) is 0.333. The normalized spacial score (nSPS) is 12.6. The molecule has 0 saturated carbocycles. The lowest BCUT2D eigenvalue weighted by molar-refractivity contribution is -0.149. The summed E-state index contributed by atoms with van der Waals surface area (Å²) in [6.07, 6.45) is 4.03. The molecule has 2 atom stereocenters. The maximum Gasteiger partial charge on any atom is 0.327 e. The molecule has 6 N–H and O–H groups in total. The Kier molecular flexibility index (Phi) is 9.38. The predicted molar refractivity (Wildman–Crippen MR) is 135 cm³/mol. The number of aliphatic carboxylic acids is 1. The van der Waals surface area contributed by atoms with Gasteiger partial charge in [-0.25, -0.2) is 9.59 Å². The van der Waals surface area contributed by atoms with Gasteiger partial charge in [-0.05, 0) is 43.0 Å². The van der Waals surface area contributed by atoms with Crippen molar-refractivity contribution in [2.24, 2.45) is 11.5 Å². The summed E-state index contributed by atoms with van der Waals surface area (Å²) in [7, 11) is 0. The first-order valence-electron chi connectivity index (χ1n) is 11.8. The molecule has 1 heterocycles. The number of carboxylic acid groups (broad SMARTS) is 1. The minimum atomic E-state index is -1.31. The third kappa shape index (κ3) is 6.67. The Morgan fingerprint density at radius 1 is 1.06 bits per heavy atom. The fourth-order valence-corrected chi connectivity index (χ4v) is 4.21. The van der Waals surface area contributed by atoms with Crippen molar-refractivity contribution in [2.45, 2.75) is 50.6 Å². The summed E-state index contributed by atoms with van der Waals surface area (Å²) in [5, 5.41) is 11.0. The second kappa shape index (κ2) is 12.7. The molecule has 2 aromatic carbocycles. The van der Waals surface area contributed by atoms with Crippen LogP contribution in [0.2, 0.25) is 0 Å². The van der Waals surface area contributed by atoms with Gasteiger partial charge in [0.05, 0.1) is 6.04 Å². The van der Waals surface area contributed by atoms with Crippen LogP contribution in [0.25, 0.3) is 10.9 Å². The van der Waals surface area contributed by atoms with Crippen LogP contribution in [0.1, 0.15) is 36.8 Å². The van der Waals surface area contributed by atoms with Gasteiger partial charge in [-0.1, -0.05) is 55.0 Å². The third-order valence-electron chi connectivity index (χ3n) is 6.11. The molecule has 0 unspecified atom stereocenters. The Hall–Kier alpha value is -3.71. The van der Waals surface area contributed by atoms with E-state index in [1.54, 1.807) is 6.20 Å². The molecule has 0 radical (unpaired) electrons. The first-order chi connectivity index (χ1) is 17.0. The van der Waals surface area contributed by atoms with Crippen LogP contribution in [0.4, 0.5) is 0 Å². The number of carbonyl (C=O) groups excluding carboxylic acids is 2. The van der Waals surface area contributed by atoms with Crippen molar-refractivity contribution in [2.75, 3.05) is 6.54 Å². The summed E-state index contributed by atoms with van der Waals surface area (Å²) in [4.78, 5) is 42.2. The number of hydrogen-bond donors (Lipinski definition) is 4. The molecule has 0 aliphatic carbocycles. The van der Waals surface area contributed by atoms with Gasteiger partial charge in [-0.2, -0.15) is 0 Å². The van der Waals surface area contributed by atoms with E-state index in [4.69, 9.17) is 11.5 Å². The summed E-state index contributed by atoms with van der Waals surface area (Å²) in [5.41, 5.74) is 14.3. The number of hydrogen-bond acceptors (Lipinski definition) is 5. The Bertz CT molecular complexity index is 1180. The van der Waals surface area contributed by atoms with E-state index < -0.39 is 24.0 Å². The number of carbonyl (C=O) groups is 2. The van der Waals surface area contributed by atoms with Crippen LogP contribution in [-0.2, 0) is 27.2 Å². The number of unbranched alkanes of at least 4 members (excludes halogenated alkanes) is 1. The number of allylic oxidation sites excluding steroid dienone is 1. The fourth-order valence-electron chi connectivity index (χ4n) is 4.21. The third-order valence-corrected chi connectivity index (χ3v) is 6.11. The van der Waals surface area contributed by atoms with Crippen molar-refractivity contribution >= 4 is 28.7 Å². The van der Waals surface area contributed by atoms with Crippen molar-refractivity contribution < 1.29 is 19.5 Å². The number of nitrogens with zero attached hydrogens (tertiary/aromatic N) is 1. The van der Waals surface area contributed by atoms with Crippen molar-refractivity contribution in [1.82, 2.24) is 9.88 Å². The van der Waals surface area contributed by atoms with E-state index in [0.717, 1.165) is 26.9 Å².